The number of fused-ring (bicyclic) bond motifs is 4. The first-order chi connectivity index (χ1) is 33.1. The van der Waals surface area contributed by atoms with Crippen LogP contribution in [0.4, 0.5) is 17.1 Å². The summed E-state index contributed by atoms with van der Waals surface area (Å²) in [5.41, 5.74) is 19.3. The Balaban J connectivity index is 0.947. The van der Waals surface area contributed by atoms with Gasteiger partial charge in [-0.05, 0) is 145 Å². The topological polar surface area (TPSA) is 8.17 Å². The van der Waals surface area contributed by atoms with Gasteiger partial charge in [0.25, 0.3) is 0 Å². The number of para-hydroxylation sites is 2. The number of aromatic nitrogens is 1. The van der Waals surface area contributed by atoms with Crippen LogP contribution in [0.25, 0.3) is 82.8 Å². The molecule has 1 aliphatic rings. The number of hydrogen-bond acceptors (Lipinski definition) is 1. The highest BCUT2D eigenvalue weighted by molar-refractivity contribution is 6.14. The second-order valence-electron chi connectivity index (χ2n) is 17.7. The van der Waals surface area contributed by atoms with Gasteiger partial charge in [-0.3, -0.25) is 0 Å². The lowest BCUT2D eigenvalue weighted by molar-refractivity contribution is 0.762. The van der Waals surface area contributed by atoms with Gasteiger partial charge in [0.1, 0.15) is 0 Å². The van der Waals surface area contributed by atoms with E-state index in [1.165, 1.54) is 93.9 Å². The predicted molar refractivity (Wildman–Crippen MR) is 285 cm³/mol. The summed E-state index contributed by atoms with van der Waals surface area (Å²) in [6.07, 6.45) is 5.85. The number of anilines is 3. The van der Waals surface area contributed by atoms with Gasteiger partial charge in [0.05, 0.1) is 11.0 Å². The molecule has 2 heteroatoms. The van der Waals surface area contributed by atoms with E-state index in [0.717, 1.165) is 23.5 Å². The third-order valence-electron chi connectivity index (χ3n) is 13.7. The average Bonchev–Trinajstić information content (AvgIpc) is 3.74. The maximum absolute atomic E-state index is 2.46. The molecule has 0 fully saturated rings. The standard InChI is InChI=1S/C65H48N2/c1-45-30-31-53(44-62(45)60-27-15-29-64-65(60)61-26-12-13-28-63(61)67(64)54-21-6-3-7-22-54)51-20-14-23-57(43-51)66(55-38-34-47(35-39-55)52-33-32-46-16-8-9-19-50(46)42-52)56-40-36-49(37-41-56)59-25-11-10-24-58(59)48-17-4-2-5-18-48/h2-29,31-45H,30H2,1H3. The SMILES string of the molecule is CC1CC=C(c2cccc(N(c3ccc(-c4ccc5ccccc5c4)cc3)c3ccc(-c4ccccc4-c4ccccc4)cc3)c2)C=C1c1cccc2c1c1ccccc1n2-c1ccccc1. The molecule has 0 bridgehead atoms. The highest BCUT2D eigenvalue weighted by Gasteiger charge is 2.23. The van der Waals surface area contributed by atoms with Crippen molar-refractivity contribution in [3.63, 3.8) is 0 Å². The van der Waals surface area contributed by atoms with Crippen molar-refractivity contribution in [1.29, 1.82) is 0 Å². The van der Waals surface area contributed by atoms with Gasteiger partial charge in [-0.2, -0.15) is 0 Å². The summed E-state index contributed by atoms with van der Waals surface area (Å²) in [7, 11) is 0. The Morgan fingerprint density at radius 3 is 1.73 bits per heavy atom. The van der Waals surface area contributed by atoms with Crippen molar-refractivity contribution >= 4 is 60.8 Å². The van der Waals surface area contributed by atoms with E-state index in [0.29, 0.717) is 5.92 Å². The molecule has 67 heavy (non-hydrogen) atoms. The Bertz CT molecular complexity index is 3650. The fourth-order valence-electron chi connectivity index (χ4n) is 10.3. The van der Waals surface area contributed by atoms with E-state index < -0.39 is 0 Å². The predicted octanol–water partition coefficient (Wildman–Crippen LogP) is 17.9. The van der Waals surface area contributed by atoms with E-state index in [9.17, 15) is 0 Å². The van der Waals surface area contributed by atoms with Crippen molar-refractivity contribution in [1.82, 2.24) is 4.57 Å². The maximum atomic E-state index is 2.46. The van der Waals surface area contributed by atoms with Crippen LogP contribution in [0.1, 0.15) is 24.5 Å². The fraction of sp³-hybridized carbons (Fsp3) is 0.0462. The number of allylic oxidation sites excluding steroid dienone is 4. The van der Waals surface area contributed by atoms with E-state index in [-0.39, 0.29) is 0 Å². The summed E-state index contributed by atoms with van der Waals surface area (Å²) in [6, 6.07) is 88.4. The summed E-state index contributed by atoms with van der Waals surface area (Å²) < 4.78 is 2.42. The lowest BCUT2D eigenvalue weighted by atomic mass is 9.82. The molecule has 11 aromatic rings. The van der Waals surface area contributed by atoms with Gasteiger partial charge in [0, 0.05) is 33.5 Å². The van der Waals surface area contributed by atoms with Gasteiger partial charge in [0.2, 0.25) is 0 Å². The van der Waals surface area contributed by atoms with Gasteiger partial charge in [-0.15, -0.1) is 0 Å². The first kappa shape index (κ1) is 40.1. The van der Waals surface area contributed by atoms with E-state index in [4.69, 9.17) is 0 Å². The van der Waals surface area contributed by atoms with Crippen LogP contribution in [0.2, 0.25) is 0 Å². The Kier molecular flexibility index (Phi) is 10.3. The number of nitrogens with zero attached hydrogens (tertiary/aromatic N) is 2. The third-order valence-corrected chi connectivity index (χ3v) is 13.7. The minimum atomic E-state index is 0.361. The molecule has 0 radical (unpaired) electrons. The monoisotopic (exact) mass is 856 g/mol. The summed E-state index contributed by atoms with van der Waals surface area (Å²) in [4.78, 5) is 2.40. The first-order valence-corrected chi connectivity index (χ1v) is 23.4. The van der Waals surface area contributed by atoms with E-state index in [1.807, 2.05) is 0 Å². The molecule has 1 aliphatic carbocycles. The lowest BCUT2D eigenvalue weighted by Gasteiger charge is -2.27. The van der Waals surface area contributed by atoms with E-state index >= 15 is 0 Å². The van der Waals surface area contributed by atoms with Crippen molar-refractivity contribution in [3.05, 3.63) is 266 Å². The zero-order valence-corrected chi connectivity index (χ0v) is 37.4. The van der Waals surface area contributed by atoms with Crippen molar-refractivity contribution in [2.45, 2.75) is 13.3 Å². The van der Waals surface area contributed by atoms with Gasteiger partial charge in [0.15, 0.2) is 0 Å². The molecule has 2 nitrogen and oxygen atoms in total. The van der Waals surface area contributed by atoms with Crippen LogP contribution in [0.3, 0.4) is 0 Å². The molecule has 0 amide bonds. The van der Waals surface area contributed by atoms with Gasteiger partial charge in [-0.25, -0.2) is 0 Å². The van der Waals surface area contributed by atoms with Crippen molar-refractivity contribution < 1.29 is 0 Å². The van der Waals surface area contributed by atoms with E-state index in [2.05, 4.69) is 271 Å². The van der Waals surface area contributed by atoms with Crippen LogP contribution in [0, 0.1) is 5.92 Å². The molecule has 0 aliphatic heterocycles. The van der Waals surface area contributed by atoms with E-state index in [1.54, 1.807) is 0 Å². The Hall–Kier alpha value is -8.46. The van der Waals surface area contributed by atoms with Gasteiger partial charge >= 0.3 is 0 Å². The number of rotatable bonds is 9. The Morgan fingerprint density at radius 2 is 0.970 bits per heavy atom. The molecule has 1 aromatic heterocycles. The second-order valence-corrected chi connectivity index (χ2v) is 17.7. The van der Waals surface area contributed by atoms with Crippen LogP contribution in [0.5, 0.6) is 0 Å². The highest BCUT2D eigenvalue weighted by Crippen LogP contribution is 2.44. The van der Waals surface area contributed by atoms with Crippen molar-refractivity contribution in [2.75, 3.05) is 4.90 Å². The smallest absolute Gasteiger partial charge is 0.0547 e. The molecule has 12 rings (SSSR count). The summed E-state index contributed by atoms with van der Waals surface area (Å²) in [6.45, 7) is 2.37. The van der Waals surface area contributed by atoms with Gasteiger partial charge < -0.3 is 9.47 Å². The zero-order valence-electron chi connectivity index (χ0n) is 37.4. The molecule has 0 N–H and O–H groups in total. The van der Waals surface area contributed by atoms with Crippen LogP contribution in [-0.4, -0.2) is 4.57 Å². The molecular formula is C65H48N2. The Labute approximate surface area is 392 Å². The molecule has 1 heterocycles. The van der Waals surface area contributed by atoms with Crippen molar-refractivity contribution in [3.8, 4) is 39.1 Å². The third kappa shape index (κ3) is 7.43. The van der Waals surface area contributed by atoms with Crippen LogP contribution in [0.15, 0.2) is 255 Å². The maximum Gasteiger partial charge on any atom is 0.0547 e. The van der Waals surface area contributed by atoms with Gasteiger partial charge in [-0.1, -0.05) is 195 Å². The van der Waals surface area contributed by atoms with Crippen LogP contribution in [-0.2, 0) is 0 Å². The minimum absolute atomic E-state index is 0.361. The summed E-state index contributed by atoms with van der Waals surface area (Å²) in [5, 5.41) is 5.08. The highest BCUT2D eigenvalue weighted by atomic mass is 15.1. The summed E-state index contributed by atoms with van der Waals surface area (Å²) >= 11 is 0. The fourth-order valence-corrected chi connectivity index (χ4v) is 10.3. The zero-order chi connectivity index (χ0) is 44.7. The summed E-state index contributed by atoms with van der Waals surface area (Å²) in [5.74, 6) is 0.361. The molecule has 1 unspecified atom stereocenters. The normalized spacial score (nSPS) is 13.7. The molecule has 0 saturated carbocycles. The second kappa shape index (κ2) is 17.2. The molecule has 318 valence electrons. The largest absolute Gasteiger partial charge is 0.310 e. The quantitative estimate of drug-likeness (QED) is 0.140. The molecular weight excluding hydrogens is 809 g/mol. The van der Waals surface area contributed by atoms with Crippen molar-refractivity contribution in [2.24, 2.45) is 5.92 Å². The molecule has 10 aromatic carbocycles. The van der Waals surface area contributed by atoms with Crippen LogP contribution >= 0.6 is 0 Å². The molecule has 1 atom stereocenters. The number of hydrogen-bond donors (Lipinski definition) is 0. The lowest BCUT2D eigenvalue weighted by Crippen LogP contribution is -2.10. The first-order valence-electron chi connectivity index (χ1n) is 23.4. The minimum Gasteiger partial charge on any atom is -0.310 e. The van der Waals surface area contributed by atoms with Crippen LogP contribution < -0.4 is 4.90 Å². The Morgan fingerprint density at radius 1 is 0.403 bits per heavy atom. The number of benzene rings is 10. The average molecular weight is 857 g/mol. The molecule has 0 spiro atoms. The molecule has 0 saturated heterocycles.